The molecule has 33 heavy (non-hydrogen) atoms. The zero-order valence-corrected chi connectivity index (χ0v) is 20.7. The van der Waals surface area contributed by atoms with Gasteiger partial charge >= 0.3 is 0 Å². The van der Waals surface area contributed by atoms with Gasteiger partial charge in [-0.1, -0.05) is 90.4 Å². The van der Waals surface area contributed by atoms with Gasteiger partial charge in [0.25, 0.3) is 0 Å². The molecule has 1 heterocycles. The van der Waals surface area contributed by atoms with Crippen molar-refractivity contribution < 1.29 is 35.0 Å². The maximum atomic E-state index is 10.0. The molecule has 1 aliphatic heterocycles. The summed E-state index contributed by atoms with van der Waals surface area (Å²) in [6, 6.07) is 0. The van der Waals surface area contributed by atoms with Gasteiger partial charge in [-0.2, -0.15) is 0 Å². The first-order valence-corrected chi connectivity index (χ1v) is 13.3. The monoisotopic (exact) mass is 477 g/mol. The second kappa shape index (κ2) is 19.9. The van der Waals surface area contributed by atoms with Gasteiger partial charge in [-0.25, -0.2) is 0 Å². The molecule has 0 aliphatic carbocycles. The third kappa shape index (κ3) is 14.0. The van der Waals surface area contributed by atoms with Gasteiger partial charge in [0.1, 0.15) is 24.4 Å². The fourth-order valence-corrected chi connectivity index (χ4v) is 4.18. The number of aliphatic hydroxyl groups is 5. The first-order valence-electron chi connectivity index (χ1n) is 13.3. The molecule has 6 N–H and O–H groups in total. The van der Waals surface area contributed by atoms with Crippen LogP contribution in [-0.4, -0.2) is 88.6 Å². The van der Waals surface area contributed by atoms with Gasteiger partial charge in [-0.15, -0.1) is 0 Å². The molecular weight excluding hydrogens is 426 g/mol. The highest BCUT2D eigenvalue weighted by atomic mass is 16.7. The largest absolute Gasteiger partial charge is 0.394 e. The van der Waals surface area contributed by atoms with Crippen molar-refractivity contribution >= 4 is 0 Å². The van der Waals surface area contributed by atoms with Crippen LogP contribution in [0.1, 0.15) is 96.8 Å². The zero-order valence-electron chi connectivity index (χ0n) is 20.7. The van der Waals surface area contributed by atoms with E-state index >= 15 is 0 Å². The minimum absolute atomic E-state index is 0.0889. The molecular formula is C25H51NO7. The van der Waals surface area contributed by atoms with Gasteiger partial charge in [0, 0.05) is 6.54 Å². The molecule has 0 amide bonds. The van der Waals surface area contributed by atoms with Gasteiger partial charge in [0.05, 0.1) is 19.3 Å². The maximum Gasteiger partial charge on any atom is 0.186 e. The molecule has 0 spiro atoms. The number of nitrogens with one attached hydrogen (secondary N) is 1. The minimum Gasteiger partial charge on any atom is -0.394 e. The number of hydrogen-bond acceptors (Lipinski definition) is 8. The molecule has 1 unspecified atom stereocenters. The number of ether oxygens (including phenoxy) is 2. The molecule has 8 heteroatoms. The van der Waals surface area contributed by atoms with Crippen LogP contribution in [0.5, 0.6) is 0 Å². The highest BCUT2D eigenvalue weighted by Crippen LogP contribution is 2.22. The smallest absolute Gasteiger partial charge is 0.186 e. The summed E-state index contributed by atoms with van der Waals surface area (Å²) >= 11 is 0. The summed E-state index contributed by atoms with van der Waals surface area (Å²) in [6.45, 7) is 2.85. The average molecular weight is 478 g/mol. The average Bonchev–Trinajstić information content (AvgIpc) is 2.82. The van der Waals surface area contributed by atoms with Crippen molar-refractivity contribution in [2.24, 2.45) is 0 Å². The van der Waals surface area contributed by atoms with E-state index in [4.69, 9.17) is 9.47 Å². The standard InChI is InChI=1S/C25H51NO7/c1-2-3-4-5-6-7-8-9-10-11-12-13-14-15-16-26-17-20(28)19-32-25-24(31)23(30)22(29)21(18-27)33-25/h20-31H,2-19H2,1H3/t20?,21-,22+,23+,24-,25+/m1/s1. The molecule has 1 saturated heterocycles. The number of hydrogen-bond donors (Lipinski definition) is 6. The second-order valence-corrected chi connectivity index (χ2v) is 9.48. The lowest BCUT2D eigenvalue weighted by Crippen LogP contribution is -2.59. The Hall–Kier alpha value is -0.320. The highest BCUT2D eigenvalue weighted by molar-refractivity contribution is 4.89. The van der Waals surface area contributed by atoms with Crippen LogP contribution in [0.25, 0.3) is 0 Å². The van der Waals surface area contributed by atoms with Crippen molar-refractivity contribution in [1.29, 1.82) is 0 Å². The first-order chi connectivity index (χ1) is 16.0. The summed E-state index contributed by atoms with van der Waals surface area (Å²) in [5, 5.41) is 51.8. The van der Waals surface area contributed by atoms with Gasteiger partial charge < -0.3 is 40.3 Å². The van der Waals surface area contributed by atoms with E-state index in [9.17, 15) is 25.5 Å². The summed E-state index contributed by atoms with van der Waals surface area (Å²) in [4.78, 5) is 0. The van der Waals surface area contributed by atoms with Crippen LogP contribution >= 0.6 is 0 Å². The Bertz CT molecular complexity index is 441. The van der Waals surface area contributed by atoms with Crippen LogP contribution in [0.2, 0.25) is 0 Å². The molecule has 198 valence electrons. The van der Waals surface area contributed by atoms with Gasteiger partial charge in [0.2, 0.25) is 0 Å². The Kier molecular flexibility index (Phi) is 18.5. The Morgan fingerprint density at radius 2 is 1.27 bits per heavy atom. The van der Waals surface area contributed by atoms with E-state index < -0.39 is 43.4 Å². The molecule has 1 fully saturated rings. The van der Waals surface area contributed by atoms with E-state index in [2.05, 4.69) is 12.2 Å². The molecule has 6 atom stereocenters. The van der Waals surface area contributed by atoms with Crippen molar-refractivity contribution in [3.05, 3.63) is 0 Å². The molecule has 0 bridgehead atoms. The van der Waals surface area contributed by atoms with Gasteiger partial charge in [-0.05, 0) is 13.0 Å². The fourth-order valence-electron chi connectivity index (χ4n) is 4.18. The first kappa shape index (κ1) is 30.7. The van der Waals surface area contributed by atoms with Gasteiger partial charge in [-0.3, -0.25) is 0 Å². The van der Waals surface area contributed by atoms with Crippen molar-refractivity contribution in [3.63, 3.8) is 0 Å². The normalized spacial score (nSPS) is 26.5. The highest BCUT2D eigenvalue weighted by Gasteiger charge is 2.44. The predicted octanol–water partition coefficient (Wildman–Crippen LogP) is 2.23. The number of rotatable bonds is 21. The molecule has 0 aromatic rings. The molecule has 1 rings (SSSR count). The maximum absolute atomic E-state index is 10.0. The van der Waals surface area contributed by atoms with Crippen molar-refractivity contribution in [2.75, 3.05) is 26.3 Å². The van der Waals surface area contributed by atoms with Crippen molar-refractivity contribution in [1.82, 2.24) is 5.32 Å². The van der Waals surface area contributed by atoms with Crippen molar-refractivity contribution in [2.45, 2.75) is 134 Å². The predicted molar refractivity (Wildman–Crippen MR) is 129 cm³/mol. The van der Waals surface area contributed by atoms with E-state index in [0.717, 1.165) is 13.0 Å². The zero-order chi connectivity index (χ0) is 24.3. The second-order valence-electron chi connectivity index (χ2n) is 9.48. The molecule has 0 aromatic carbocycles. The lowest BCUT2D eigenvalue weighted by atomic mass is 9.99. The lowest BCUT2D eigenvalue weighted by molar-refractivity contribution is -0.304. The third-order valence-electron chi connectivity index (χ3n) is 6.39. The van der Waals surface area contributed by atoms with E-state index in [-0.39, 0.29) is 6.61 Å². The van der Waals surface area contributed by atoms with Gasteiger partial charge in [0.15, 0.2) is 6.29 Å². The topological polar surface area (TPSA) is 132 Å². The number of unbranched alkanes of at least 4 members (excludes halogenated alkanes) is 13. The molecule has 8 nitrogen and oxygen atoms in total. The SMILES string of the molecule is CCCCCCCCCCCCCCCCNCC(O)CO[C@H]1O[C@H](CO)[C@H](O)[C@H](O)[C@H]1O. The summed E-state index contributed by atoms with van der Waals surface area (Å²) in [5.74, 6) is 0. The van der Waals surface area contributed by atoms with Crippen LogP contribution in [-0.2, 0) is 9.47 Å². The van der Waals surface area contributed by atoms with Crippen LogP contribution in [0.3, 0.4) is 0 Å². The van der Waals surface area contributed by atoms with Crippen molar-refractivity contribution in [3.8, 4) is 0 Å². The van der Waals surface area contributed by atoms with E-state index in [1.165, 1.54) is 83.5 Å². The van der Waals surface area contributed by atoms with Crippen LogP contribution in [0.15, 0.2) is 0 Å². The quantitative estimate of drug-likeness (QED) is 0.139. The summed E-state index contributed by atoms with van der Waals surface area (Å²) in [6.07, 6.45) is 11.2. The van der Waals surface area contributed by atoms with Crippen LogP contribution in [0, 0.1) is 0 Å². The van der Waals surface area contributed by atoms with E-state index in [1.54, 1.807) is 0 Å². The summed E-state index contributed by atoms with van der Waals surface area (Å²) in [7, 11) is 0. The Morgan fingerprint density at radius 1 is 0.758 bits per heavy atom. The molecule has 0 radical (unpaired) electrons. The lowest BCUT2D eigenvalue weighted by Gasteiger charge is -2.39. The third-order valence-corrected chi connectivity index (χ3v) is 6.39. The molecule has 0 saturated carbocycles. The molecule has 1 aliphatic rings. The number of aliphatic hydroxyl groups excluding tert-OH is 5. The van der Waals surface area contributed by atoms with Crippen LogP contribution in [0.4, 0.5) is 0 Å². The van der Waals surface area contributed by atoms with E-state index in [0.29, 0.717) is 6.54 Å². The molecule has 0 aromatic heterocycles. The van der Waals surface area contributed by atoms with E-state index in [1.807, 2.05) is 0 Å². The fraction of sp³-hybridized carbons (Fsp3) is 1.00. The Morgan fingerprint density at radius 3 is 1.79 bits per heavy atom. The van der Waals surface area contributed by atoms with Crippen LogP contribution < -0.4 is 5.32 Å². The minimum atomic E-state index is -1.48. The Labute approximate surface area is 200 Å². The summed E-state index contributed by atoms with van der Waals surface area (Å²) < 4.78 is 10.6. The summed E-state index contributed by atoms with van der Waals surface area (Å²) in [5.41, 5.74) is 0. The Balaban J connectivity index is 1.90.